The fourth-order valence-corrected chi connectivity index (χ4v) is 3.66. The summed E-state index contributed by atoms with van der Waals surface area (Å²) in [6, 6.07) is 7.25. The summed E-state index contributed by atoms with van der Waals surface area (Å²) in [6.45, 7) is 0. The van der Waals surface area contributed by atoms with Crippen LogP contribution in [-0.4, -0.2) is 14.7 Å². The minimum absolute atomic E-state index is 0.222. The number of benzene rings is 1. The van der Waals surface area contributed by atoms with Crippen LogP contribution in [0.15, 0.2) is 47.4 Å². The predicted octanol–water partition coefficient (Wildman–Crippen LogP) is 3.21. The lowest BCUT2D eigenvalue weighted by molar-refractivity contribution is 0.282. The molecule has 0 radical (unpaired) electrons. The maximum Gasteiger partial charge on any atom is 0.176 e. The second kappa shape index (κ2) is 3.82. The first-order chi connectivity index (χ1) is 8.50. The van der Waals surface area contributed by atoms with E-state index in [1.54, 1.807) is 12.1 Å². The quantitative estimate of drug-likeness (QED) is 0.818. The van der Waals surface area contributed by atoms with Gasteiger partial charge >= 0.3 is 0 Å². The highest BCUT2D eigenvalue weighted by Crippen LogP contribution is 2.49. The summed E-state index contributed by atoms with van der Waals surface area (Å²) in [5, 5.41) is 0. The molecule has 2 aliphatic carbocycles. The molecule has 1 aromatic rings. The van der Waals surface area contributed by atoms with E-state index in [9.17, 15) is 8.42 Å². The van der Waals surface area contributed by atoms with Crippen LogP contribution in [0.2, 0.25) is 0 Å². The summed E-state index contributed by atoms with van der Waals surface area (Å²) in [7, 11) is -3.17. The molecule has 0 amide bonds. The third kappa shape index (κ3) is 1.83. The Balaban J connectivity index is 2.09. The molecule has 0 bridgehead atoms. The van der Waals surface area contributed by atoms with Gasteiger partial charge < -0.3 is 0 Å². The second-order valence-electron chi connectivity index (χ2n) is 5.29. The molecule has 0 N–H and O–H groups in total. The summed E-state index contributed by atoms with van der Waals surface area (Å²) in [5.74, 6) is 0. The standard InChI is InChI=1S/C15H16O2S/c1-18(16,17)14-6-3-2-5-13(14)12-7-10-15(11-12)8-4-9-15/h2-3,5-7,10-11H,4,8-9H2,1H3. The van der Waals surface area contributed by atoms with Crippen molar-refractivity contribution in [2.45, 2.75) is 24.2 Å². The summed E-state index contributed by atoms with van der Waals surface area (Å²) in [5.41, 5.74) is 2.11. The Morgan fingerprint density at radius 2 is 1.89 bits per heavy atom. The third-order valence-corrected chi connectivity index (χ3v) is 5.07. The van der Waals surface area contributed by atoms with E-state index in [2.05, 4.69) is 18.2 Å². The fourth-order valence-electron chi connectivity index (χ4n) is 2.75. The van der Waals surface area contributed by atoms with Gasteiger partial charge in [-0.25, -0.2) is 8.42 Å². The Morgan fingerprint density at radius 3 is 2.44 bits per heavy atom. The lowest BCUT2D eigenvalue weighted by Gasteiger charge is -2.34. The lowest BCUT2D eigenvalue weighted by Crippen LogP contribution is -2.22. The first-order valence-electron chi connectivity index (χ1n) is 6.22. The van der Waals surface area contributed by atoms with E-state index < -0.39 is 9.84 Å². The Bertz CT molecular complexity index is 647. The van der Waals surface area contributed by atoms with E-state index in [0.29, 0.717) is 4.90 Å². The van der Waals surface area contributed by atoms with Gasteiger partial charge in [0.15, 0.2) is 9.84 Å². The van der Waals surface area contributed by atoms with Crippen molar-refractivity contribution in [2.24, 2.45) is 5.41 Å². The zero-order valence-electron chi connectivity index (χ0n) is 10.4. The van der Waals surface area contributed by atoms with Crippen molar-refractivity contribution in [1.29, 1.82) is 0 Å². The van der Waals surface area contributed by atoms with Gasteiger partial charge in [-0.15, -0.1) is 0 Å². The molecule has 1 saturated carbocycles. The van der Waals surface area contributed by atoms with Gasteiger partial charge in [-0.1, -0.05) is 42.8 Å². The molecule has 94 valence electrons. The highest BCUT2D eigenvalue weighted by atomic mass is 32.2. The van der Waals surface area contributed by atoms with E-state index in [1.165, 1.54) is 25.5 Å². The predicted molar refractivity (Wildman–Crippen MR) is 73.0 cm³/mol. The molecule has 0 atom stereocenters. The first kappa shape index (κ1) is 11.7. The van der Waals surface area contributed by atoms with Crippen LogP contribution < -0.4 is 0 Å². The molecule has 2 aliphatic rings. The maximum absolute atomic E-state index is 11.8. The van der Waals surface area contributed by atoms with E-state index in [4.69, 9.17) is 0 Å². The average molecular weight is 260 g/mol. The zero-order valence-corrected chi connectivity index (χ0v) is 11.2. The number of hydrogen-bond donors (Lipinski definition) is 0. The Morgan fingerprint density at radius 1 is 1.17 bits per heavy atom. The van der Waals surface area contributed by atoms with Crippen molar-refractivity contribution in [3.63, 3.8) is 0 Å². The molecule has 1 aromatic carbocycles. The zero-order chi connectivity index (χ0) is 12.8. The molecule has 0 heterocycles. The van der Waals surface area contributed by atoms with Crippen LogP contribution >= 0.6 is 0 Å². The first-order valence-corrected chi connectivity index (χ1v) is 8.11. The average Bonchev–Trinajstić information content (AvgIpc) is 2.72. The molecule has 1 fully saturated rings. The SMILES string of the molecule is CS(=O)(=O)c1ccccc1C1=CC2(C=C1)CCC2. The van der Waals surface area contributed by atoms with Crippen LogP contribution in [0.5, 0.6) is 0 Å². The van der Waals surface area contributed by atoms with Gasteiger partial charge in [-0.3, -0.25) is 0 Å². The largest absolute Gasteiger partial charge is 0.224 e. The molecule has 3 rings (SSSR count). The molecule has 3 heteroatoms. The van der Waals surface area contributed by atoms with Crippen LogP contribution in [0.4, 0.5) is 0 Å². The van der Waals surface area contributed by atoms with Crippen molar-refractivity contribution in [2.75, 3.05) is 6.26 Å². The minimum Gasteiger partial charge on any atom is -0.224 e. The van der Waals surface area contributed by atoms with Crippen LogP contribution in [0.25, 0.3) is 5.57 Å². The van der Waals surface area contributed by atoms with Crippen LogP contribution in [0, 0.1) is 5.41 Å². The summed E-state index contributed by atoms with van der Waals surface area (Å²) in [4.78, 5) is 0.428. The highest BCUT2D eigenvalue weighted by molar-refractivity contribution is 7.90. The molecular weight excluding hydrogens is 244 g/mol. The monoisotopic (exact) mass is 260 g/mol. The van der Waals surface area contributed by atoms with Gasteiger partial charge in [-0.05, 0) is 30.0 Å². The number of sulfone groups is 1. The second-order valence-corrected chi connectivity index (χ2v) is 7.27. The molecule has 0 aliphatic heterocycles. The Labute approximate surface area is 108 Å². The van der Waals surface area contributed by atoms with Gasteiger partial charge in [0.1, 0.15) is 0 Å². The number of rotatable bonds is 2. The van der Waals surface area contributed by atoms with Crippen molar-refractivity contribution in [3.8, 4) is 0 Å². The smallest absolute Gasteiger partial charge is 0.176 e. The Hall–Kier alpha value is -1.35. The maximum atomic E-state index is 11.8. The fraction of sp³-hybridized carbons (Fsp3) is 0.333. The van der Waals surface area contributed by atoms with Gasteiger partial charge in [0, 0.05) is 11.7 Å². The summed E-state index contributed by atoms with van der Waals surface area (Å²) in [6.07, 6.45) is 11.4. The van der Waals surface area contributed by atoms with Crippen molar-refractivity contribution >= 4 is 15.4 Å². The highest BCUT2D eigenvalue weighted by Gasteiger charge is 2.35. The lowest BCUT2D eigenvalue weighted by atomic mass is 9.70. The van der Waals surface area contributed by atoms with E-state index in [-0.39, 0.29) is 5.41 Å². The van der Waals surface area contributed by atoms with Gasteiger partial charge in [0.2, 0.25) is 0 Å². The molecule has 0 saturated heterocycles. The minimum atomic E-state index is -3.17. The van der Waals surface area contributed by atoms with Crippen molar-refractivity contribution < 1.29 is 8.42 Å². The van der Waals surface area contributed by atoms with Gasteiger partial charge in [0.05, 0.1) is 4.90 Å². The van der Waals surface area contributed by atoms with Gasteiger partial charge in [-0.2, -0.15) is 0 Å². The normalized spacial score (nSPS) is 20.8. The van der Waals surface area contributed by atoms with Gasteiger partial charge in [0.25, 0.3) is 0 Å². The van der Waals surface area contributed by atoms with Crippen LogP contribution in [0.1, 0.15) is 24.8 Å². The Kier molecular flexibility index (Phi) is 2.49. The summed E-state index contributed by atoms with van der Waals surface area (Å²) < 4.78 is 23.6. The third-order valence-electron chi connectivity index (χ3n) is 3.92. The molecule has 1 spiro atoms. The van der Waals surface area contributed by atoms with Crippen LogP contribution in [-0.2, 0) is 9.84 Å². The van der Waals surface area contributed by atoms with Crippen molar-refractivity contribution in [1.82, 2.24) is 0 Å². The topological polar surface area (TPSA) is 34.1 Å². The number of allylic oxidation sites excluding steroid dienone is 4. The summed E-state index contributed by atoms with van der Waals surface area (Å²) >= 11 is 0. The molecular formula is C15H16O2S. The molecule has 2 nitrogen and oxygen atoms in total. The molecule has 18 heavy (non-hydrogen) atoms. The van der Waals surface area contributed by atoms with E-state index in [1.807, 2.05) is 12.1 Å². The van der Waals surface area contributed by atoms with E-state index >= 15 is 0 Å². The number of hydrogen-bond acceptors (Lipinski definition) is 2. The van der Waals surface area contributed by atoms with Crippen molar-refractivity contribution in [3.05, 3.63) is 48.1 Å². The molecule has 0 aromatic heterocycles. The van der Waals surface area contributed by atoms with E-state index in [0.717, 1.165) is 11.1 Å². The molecule has 0 unspecified atom stereocenters. The van der Waals surface area contributed by atoms with Crippen LogP contribution in [0.3, 0.4) is 0 Å².